The molecule has 0 saturated heterocycles. The quantitative estimate of drug-likeness (QED) is 0.466. The highest BCUT2D eigenvalue weighted by atomic mass is 35.5. The summed E-state index contributed by atoms with van der Waals surface area (Å²) >= 11 is 5.97. The predicted octanol–water partition coefficient (Wildman–Crippen LogP) is 4.36. The highest BCUT2D eigenvalue weighted by molar-refractivity contribution is 6.31. The van der Waals surface area contributed by atoms with Gasteiger partial charge in [0.15, 0.2) is 0 Å². The van der Waals surface area contributed by atoms with Gasteiger partial charge in [-0.3, -0.25) is 19.8 Å². The minimum atomic E-state index is -0.467. The normalized spacial score (nSPS) is 15.6. The van der Waals surface area contributed by atoms with E-state index in [0.29, 0.717) is 16.4 Å². The molecule has 3 rings (SSSR count). The van der Waals surface area contributed by atoms with E-state index < -0.39 is 4.92 Å². The van der Waals surface area contributed by atoms with E-state index in [0.717, 1.165) is 11.3 Å². The van der Waals surface area contributed by atoms with Crippen LogP contribution in [-0.4, -0.2) is 16.7 Å². The first kappa shape index (κ1) is 16.9. The van der Waals surface area contributed by atoms with Gasteiger partial charge in [0.25, 0.3) is 11.6 Å². The first-order valence-electron chi connectivity index (χ1n) is 7.49. The molecule has 1 aliphatic heterocycles. The second-order valence-electron chi connectivity index (χ2n) is 5.61. The van der Waals surface area contributed by atoms with Crippen molar-refractivity contribution >= 4 is 40.8 Å². The molecule has 1 aliphatic rings. The molecule has 6 nitrogen and oxygen atoms in total. The molecule has 0 aromatic heterocycles. The Morgan fingerprint density at radius 1 is 1.16 bits per heavy atom. The second-order valence-corrected chi connectivity index (χ2v) is 6.05. The van der Waals surface area contributed by atoms with Gasteiger partial charge in [-0.15, -0.1) is 0 Å². The maximum Gasteiger partial charge on any atom is 0.282 e. The van der Waals surface area contributed by atoms with E-state index in [1.807, 2.05) is 6.92 Å². The molecule has 0 atom stereocenters. The fourth-order valence-corrected chi connectivity index (χ4v) is 2.86. The predicted molar refractivity (Wildman–Crippen MR) is 97.9 cm³/mol. The fraction of sp³-hybridized carbons (Fsp3) is 0.111. The van der Waals surface area contributed by atoms with E-state index in [1.165, 1.54) is 17.0 Å². The molecule has 2 aromatic carbocycles. The van der Waals surface area contributed by atoms with Crippen LogP contribution in [-0.2, 0) is 4.79 Å². The average Bonchev–Trinajstić information content (AvgIpc) is 2.82. The van der Waals surface area contributed by atoms with Gasteiger partial charge in [-0.05, 0) is 61.4 Å². The summed E-state index contributed by atoms with van der Waals surface area (Å²) in [6.07, 6.45) is 1.61. The topological polar surface area (TPSA) is 75.8 Å². The molecule has 0 bridgehead atoms. The lowest BCUT2D eigenvalue weighted by Gasteiger charge is -2.18. The minimum Gasteiger partial charge on any atom is -0.266 e. The Morgan fingerprint density at radius 3 is 2.44 bits per heavy atom. The molecule has 0 saturated carbocycles. The van der Waals surface area contributed by atoms with Crippen LogP contribution in [0.15, 0.2) is 53.2 Å². The number of carbonyl (C=O) groups excluding carboxylic acids is 1. The smallest absolute Gasteiger partial charge is 0.266 e. The van der Waals surface area contributed by atoms with Crippen molar-refractivity contribution < 1.29 is 9.72 Å². The monoisotopic (exact) mass is 355 g/mol. The van der Waals surface area contributed by atoms with Crippen molar-refractivity contribution in [2.24, 2.45) is 4.99 Å². The van der Waals surface area contributed by atoms with E-state index in [1.54, 1.807) is 43.3 Å². The second kappa shape index (κ2) is 6.49. The molecule has 126 valence electrons. The number of carbonyl (C=O) groups is 1. The van der Waals surface area contributed by atoms with Crippen LogP contribution in [0.2, 0.25) is 5.02 Å². The maximum atomic E-state index is 12.7. The number of anilines is 1. The van der Waals surface area contributed by atoms with Crippen LogP contribution in [0.5, 0.6) is 0 Å². The molecular formula is C18H14ClN3O3. The fourth-order valence-electron chi connectivity index (χ4n) is 2.63. The van der Waals surface area contributed by atoms with Gasteiger partial charge in [-0.2, -0.15) is 0 Å². The number of nitro benzene ring substituents is 1. The molecule has 1 heterocycles. The first-order valence-corrected chi connectivity index (χ1v) is 7.86. The summed E-state index contributed by atoms with van der Waals surface area (Å²) in [5.41, 5.74) is 2.54. The van der Waals surface area contributed by atoms with Crippen molar-refractivity contribution in [3.8, 4) is 0 Å². The van der Waals surface area contributed by atoms with Gasteiger partial charge in [-0.1, -0.05) is 11.6 Å². The summed E-state index contributed by atoms with van der Waals surface area (Å²) in [6, 6.07) is 11.2. The Labute approximate surface area is 149 Å². The molecule has 0 N–H and O–H groups in total. The lowest BCUT2D eigenvalue weighted by atomic mass is 10.1. The zero-order valence-electron chi connectivity index (χ0n) is 13.6. The Balaban J connectivity index is 1.93. The molecule has 0 fully saturated rings. The van der Waals surface area contributed by atoms with Gasteiger partial charge in [0.1, 0.15) is 11.5 Å². The number of amidine groups is 1. The number of hydrogen-bond donors (Lipinski definition) is 0. The number of halogens is 1. The minimum absolute atomic E-state index is 0.00186. The summed E-state index contributed by atoms with van der Waals surface area (Å²) in [7, 11) is 0. The van der Waals surface area contributed by atoms with E-state index >= 15 is 0 Å². The summed E-state index contributed by atoms with van der Waals surface area (Å²) in [5, 5.41) is 11.3. The Morgan fingerprint density at radius 2 is 1.84 bits per heavy atom. The van der Waals surface area contributed by atoms with Crippen molar-refractivity contribution in [3.05, 3.63) is 74.4 Å². The van der Waals surface area contributed by atoms with Crippen molar-refractivity contribution in [1.82, 2.24) is 0 Å². The Hall–Kier alpha value is -2.99. The first-order chi connectivity index (χ1) is 11.9. The molecule has 25 heavy (non-hydrogen) atoms. The van der Waals surface area contributed by atoms with E-state index in [-0.39, 0.29) is 17.3 Å². The zero-order chi connectivity index (χ0) is 18.1. The third-order valence-corrected chi connectivity index (χ3v) is 4.07. The third-order valence-electron chi connectivity index (χ3n) is 3.84. The highest BCUT2D eigenvalue weighted by Gasteiger charge is 2.29. The zero-order valence-corrected chi connectivity index (χ0v) is 14.3. The van der Waals surface area contributed by atoms with Crippen LogP contribution in [0, 0.1) is 17.0 Å². The van der Waals surface area contributed by atoms with Crippen molar-refractivity contribution in [2.75, 3.05) is 4.90 Å². The van der Waals surface area contributed by atoms with Gasteiger partial charge in [-0.25, -0.2) is 4.99 Å². The molecule has 1 amide bonds. The number of non-ortho nitro benzene ring substituents is 1. The number of aliphatic imine (C=N–C) groups is 1. The number of aryl methyl sites for hydroxylation is 1. The van der Waals surface area contributed by atoms with Gasteiger partial charge < -0.3 is 0 Å². The van der Waals surface area contributed by atoms with E-state index in [4.69, 9.17) is 11.6 Å². The highest BCUT2D eigenvalue weighted by Crippen LogP contribution is 2.29. The number of nitrogens with zero attached hydrogens (tertiary/aromatic N) is 3. The van der Waals surface area contributed by atoms with Crippen LogP contribution in [0.1, 0.15) is 18.1 Å². The van der Waals surface area contributed by atoms with E-state index in [2.05, 4.69) is 4.99 Å². The molecule has 0 radical (unpaired) electrons. The molecule has 0 unspecified atom stereocenters. The van der Waals surface area contributed by atoms with E-state index in [9.17, 15) is 14.9 Å². The van der Waals surface area contributed by atoms with Crippen LogP contribution in [0.3, 0.4) is 0 Å². The lowest BCUT2D eigenvalue weighted by Crippen LogP contribution is -2.30. The standard InChI is InChI=1S/C18H14ClN3O3/c1-11-9-14(19)5-8-17(11)21-12(2)20-16(18(21)23)10-13-3-6-15(7-4-13)22(24)25/h3-10H,1-2H3/b16-10-. The third kappa shape index (κ3) is 3.29. The Bertz CT molecular complexity index is 933. The van der Waals surface area contributed by atoms with Crippen molar-refractivity contribution in [3.63, 3.8) is 0 Å². The summed E-state index contributed by atoms with van der Waals surface area (Å²) < 4.78 is 0. The maximum absolute atomic E-state index is 12.7. The molecular weight excluding hydrogens is 342 g/mol. The van der Waals surface area contributed by atoms with Gasteiger partial charge in [0, 0.05) is 17.2 Å². The summed E-state index contributed by atoms with van der Waals surface area (Å²) in [6.45, 7) is 3.63. The molecule has 2 aromatic rings. The van der Waals surface area contributed by atoms with Crippen molar-refractivity contribution in [1.29, 1.82) is 0 Å². The largest absolute Gasteiger partial charge is 0.282 e. The van der Waals surface area contributed by atoms with Crippen molar-refractivity contribution in [2.45, 2.75) is 13.8 Å². The summed E-state index contributed by atoms with van der Waals surface area (Å²) in [4.78, 5) is 28.8. The number of amides is 1. The lowest BCUT2D eigenvalue weighted by molar-refractivity contribution is -0.384. The van der Waals surface area contributed by atoms with Crippen LogP contribution < -0.4 is 4.90 Å². The van der Waals surface area contributed by atoms with Gasteiger partial charge in [0.05, 0.1) is 10.6 Å². The molecule has 7 heteroatoms. The molecule has 0 spiro atoms. The summed E-state index contributed by atoms with van der Waals surface area (Å²) in [5.74, 6) is 0.310. The number of nitro groups is 1. The SMILES string of the molecule is CC1=N/C(=C\c2ccc([N+](=O)[O-])cc2)C(=O)N1c1ccc(Cl)cc1C. The van der Waals surface area contributed by atoms with Gasteiger partial charge in [0.2, 0.25) is 0 Å². The number of benzene rings is 2. The van der Waals surface area contributed by atoms with Crippen LogP contribution in [0.25, 0.3) is 6.08 Å². The van der Waals surface area contributed by atoms with Crippen LogP contribution in [0.4, 0.5) is 11.4 Å². The molecule has 0 aliphatic carbocycles. The average molecular weight is 356 g/mol. The number of rotatable bonds is 3. The number of hydrogen-bond acceptors (Lipinski definition) is 4. The van der Waals surface area contributed by atoms with Gasteiger partial charge >= 0.3 is 0 Å². The Kier molecular flexibility index (Phi) is 4.37. The van der Waals surface area contributed by atoms with Crippen LogP contribution >= 0.6 is 11.6 Å².